The van der Waals surface area contributed by atoms with E-state index >= 15 is 0 Å². The first-order chi connectivity index (χ1) is 8.56. The maximum absolute atomic E-state index is 11.7. The van der Waals surface area contributed by atoms with E-state index in [1.807, 2.05) is 0 Å². The van der Waals surface area contributed by atoms with Crippen LogP contribution in [0.15, 0.2) is 0 Å². The average molecular weight is 292 g/mol. The minimum absolute atomic E-state index is 0.0637. The zero-order valence-corrected chi connectivity index (χ0v) is 14.4. The Kier molecular flexibility index (Phi) is 7.21. The Balaban J connectivity index is 4.91. The SMILES string of the molecule is COOCC(O[Si](C)(C)C(C)(C)C)C(C)C(=O)OC. The summed E-state index contributed by atoms with van der Waals surface area (Å²) in [6, 6.07) is 0. The lowest BCUT2D eigenvalue weighted by Gasteiger charge is -2.40. The summed E-state index contributed by atoms with van der Waals surface area (Å²) >= 11 is 0. The van der Waals surface area contributed by atoms with Crippen LogP contribution in [0.2, 0.25) is 18.1 Å². The normalized spacial score (nSPS) is 16.0. The summed E-state index contributed by atoms with van der Waals surface area (Å²) < 4.78 is 11.0. The second-order valence-electron chi connectivity index (χ2n) is 6.18. The van der Waals surface area contributed by atoms with Gasteiger partial charge in [-0.2, -0.15) is 0 Å². The molecule has 0 radical (unpaired) electrons. The van der Waals surface area contributed by atoms with Crippen LogP contribution < -0.4 is 0 Å². The van der Waals surface area contributed by atoms with Crippen LogP contribution in [0.3, 0.4) is 0 Å². The van der Waals surface area contributed by atoms with Gasteiger partial charge < -0.3 is 9.16 Å². The fraction of sp³-hybridized carbons (Fsp3) is 0.923. The number of methoxy groups -OCH3 is 1. The largest absolute Gasteiger partial charge is 0.469 e. The van der Waals surface area contributed by atoms with Crippen molar-refractivity contribution in [3.05, 3.63) is 0 Å². The molecular weight excluding hydrogens is 264 g/mol. The maximum atomic E-state index is 11.7. The molecule has 0 bridgehead atoms. The predicted octanol–water partition coefficient (Wildman–Crippen LogP) is 2.76. The number of carbonyl (C=O) groups excluding carboxylic acids is 1. The molecule has 0 saturated heterocycles. The van der Waals surface area contributed by atoms with Crippen molar-refractivity contribution in [2.24, 2.45) is 5.92 Å². The summed E-state index contributed by atoms with van der Waals surface area (Å²) in [4.78, 5) is 21.2. The van der Waals surface area contributed by atoms with Crippen molar-refractivity contribution in [1.82, 2.24) is 0 Å². The van der Waals surface area contributed by atoms with Crippen LogP contribution in [0, 0.1) is 5.92 Å². The van der Waals surface area contributed by atoms with E-state index in [-0.39, 0.29) is 23.7 Å². The number of ether oxygens (including phenoxy) is 1. The van der Waals surface area contributed by atoms with Crippen LogP contribution in [0.25, 0.3) is 0 Å². The molecule has 0 saturated carbocycles. The number of esters is 1. The highest BCUT2D eigenvalue weighted by Gasteiger charge is 2.41. The third-order valence-electron chi connectivity index (χ3n) is 3.73. The zero-order valence-electron chi connectivity index (χ0n) is 13.4. The summed E-state index contributed by atoms with van der Waals surface area (Å²) in [6.07, 6.45) is -0.367. The third kappa shape index (κ3) is 5.60. The minimum atomic E-state index is -1.98. The fourth-order valence-electron chi connectivity index (χ4n) is 1.31. The molecule has 0 amide bonds. The fourth-order valence-corrected chi connectivity index (χ4v) is 2.69. The molecular formula is C13H28O5Si. The first-order valence-corrected chi connectivity index (χ1v) is 9.39. The first-order valence-electron chi connectivity index (χ1n) is 6.48. The Morgan fingerprint density at radius 3 is 2.11 bits per heavy atom. The van der Waals surface area contributed by atoms with Crippen molar-refractivity contribution in [2.45, 2.75) is 51.9 Å². The van der Waals surface area contributed by atoms with Crippen molar-refractivity contribution < 1.29 is 23.7 Å². The van der Waals surface area contributed by atoms with Gasteiger partial charge in [-0.1, -0.05) is 20.8 Å². The van der Waals surface area contributed by atoms with E-state index in [0.29, 0.717) is 0 Å². The van der Waals surface area contributed by atoms with Gasteiger partial charge in [0.05, 0.1) is 26.2 Å². The molecule has 0 fully saturated rings. The van der Waals surface area contributed by atoms with Crippen molar-refractivity contribution >= 4 is 14.3 Å². The van der Waals surface area contributed by atoms with Crippen LogP contribution in [-0.2, 0) is 23.7 Å². The summed E-state index contributed by atoms with van der Waals surface area (Å²) in [5, 5.41) is 0.0637. The molecule has 2 atom stereocenters. The lowest BCUT2D eigenvalue weighted by atomic mass is 10.1. The lowest BCUT2D eigenvalue weighted by Crippen LogP contribution is -2.48. The third-order valence-corrected chi connectivity index (χ3v) is 8.24. The molecule has 0 N–H and O–H groups in total. The van der Waals surface area contributed by atoms with Gasteiger partial charge >= 0.3 is 5.97 Å². The van der Waals surface area contributed by atoms with Gasteiger partial charge in [0.15, 0.2) is 8.32 Å². The van der Waals surface area contributed by atoms with Crippen molar-refractivity contribution in [3.8, 4) is 0 Å². The van der Waals surface area contributed by atoms with Gasteiger partial charge in [0.25, 0.3) is 0 Å². The Morgan fingerprint density at radius 1 is 1.21 bits per heavy atom. The summed E-state index contributed by atoms with van der Waals surface area (Å²) in [7, 11) is 0.828. The molecule has 0 spiro atoms. The molecule has 0 aromatic heterocycles. The monoisotopic (exact) mass is 292 g/mol. The Bertz CT molecular complexity index is 285. The van der Waals surface area contributed by atoms with E-state index in [9.17, 15) is 4.79 Å². The number of rotatable bonds is 7. The second kappa shape index (κ2) is 7.38. The molecule has 0 aliphatic carbocycles. The van der Waals surface area contributed by atoms with Crippen molar-refractivity contribution in [1.29, 1.82) is 0 Å². The standard InChI is InChI=1S/C13H28O5Si/c1-10(12(14)15-5)11(9-17-16-6)18-19(7,8)13(2,3)4/h10-11H,9H2,1-8H3. The quantitative estimate of drug-likeness (QED) is 0.312. The number of hydrogen-bond donors (Lipinski definition) is 0. The number of carbonyl (C=O) groups is 1. The highest BCUT2D eigenvalue weighted by Crippen LogP contribution is 2.38. The highest BCUT2D eigenvalue weighted by atomic mass is 28.4. The van der Waals surface area contributed by atoms with Gasteiger partial charge in [-0.25, -0.2) is 9.78 Å². The van der Waals surface area contributed by atoms with Gasteiger partial charge in [0.1, 0.15) is 6.61 Å². The lowest BCUT2D eigenvalue weighted by molar-refractivity contribution is -0.285. The smallest absolute Gasteiger partial charge is 0.311 e. The van der Waals surface area contributed by atoms with Crippen LogP contribution in [0.5, 0.6) is 0 Å². The predicted molar refractivity (Wildman–Crippen MR) is 76.2 cm³/mol. The number of hydrogen-bond acceptors (Lipinski definition) is 5. The van der Waals surface area contributed by atoms with E-state index in [1.54, 1.807) is 6.92 Å². The molecule has 0 heterocycles. The van der Waals surface area contributed by atoms with Gasteiger partial charge in [0, 0.05) is 0 Å². The summed E-state index contributed by atoms with van der Waals surface area (Å²) in [5.41, 5.74) is 0. The maximum Gasteiger partial charge on any atom is 0.311 e. The molecule has 0 rings (SSSR count). The zero-order chi connectivity index (χ0) is 15.3. The van der Waals surface area contributed by atoms with Gasteiger partial charge in [0.2, 0.25) is 0 Å². The molecule has 0 aromatic rings. The Morgan fingerprint density at radius 2 is 1.74 bits per heavy atom. The molecule has 114 valence electrons. The van der Waals surface area contributed by atoms with E-state index in [2.05, 4.69) is 38.8 Å². The average Bonchev–Trinajstić information content (AvgIpc) is 2.30. The molecule has 19 heavy (non-hydrogen) atoms. The van der Waals surface area contributed by atoms with Gasteiger partial charge in [-0.3, -0.25) is 4.79 Å². The highest BCUT2D eigenvalue weighted by molar-refractivity contribution is 6.74. The van der Waals surface area contributed by atoms with E-state index in [0.717, 1.165) is 0 Å². The van der Waals surface area contributed by atoms with Crippen molar-refractivity contribution in [2.75, 3.05) is 20.8 Å². The van der Waals surface area contributed by atoms with Gasteiger partial charge in [-0.05, 0) is 25.1 Å². The Labute approximate surface area is 117 Å². The van der Waals surface area contributed by atoms with Crippen LogP contribution in [-0.4, -0.2) is 41.2 Å². The van der Waals surface area contributed by atoms with Crippen LogP contribution >= 0.6 is 0 Å². The van der Waals surface area contributed by atoms with Crippen molar-refractivity contribution in [3.63, 3.8) is 0 Å². The van der Waals surface area contributed by atoms with E-state index < -0.39 is 14.2 Å². The van der Waals surface area contributed by atoms with E-state index in [4.69, 9.17) is 14.1 Å². The molecule has 6 heteroatoms. The molecule has 5 nitrogen and oxygen atoms in total. The summed E-state index contributed by atoms with van der Waals surface area (Å²) in [5.74, 6) is -0.697. The molecule has 0 aliphatic rings. The second-order valence-corrected chi connectivity index (χ2v) is 10.9. The molecule has 0 aliphatic heterocycles. The first kappa shape index (κ1) is 18.6. The van der Waals surface area contributed by atoms with E-state index in [1.165, 1.54) is 14.2 Å². The van der Waals surface area contributed by atoms with Crippen LogP contribution in [0.4, 0.5) is 0 Å². The van der Waals surface area contributed by atoms with Gasteiger partial charge in [-0.15, -0.1) is 0 Å². The summed E-state index contributed by atoms with van der Waals surface area (Å²) in [6.45, 7) is 12.7. The van der Waals surface area contributed by atoms with Crippen LogP contribution in [0.1, 0.15) is 27.7 Å². The minimum Gasteiger partial charge on any atom is -0.469 e. The molecule has 2 unspecified atom stereocenters. The Hall–Kier alpha value is -0.433. The molecule has 0 aromatic carbocycles. The topological polar surface area (TPSA) is 54.0 Å².